The number of rotatable bonds is 16. The molecule has 3 aromatic heterocycles. The van der Waals surface area contributed by atoms with Gasteiger partial charge in [-0.05, 0) is 102 Å². The number of nitrogens with one attached hydrogen (secondary N) is 2. The Bertz CT molecular complexity index is 3200. The Kier molecular flexibility index (Phi) is 14.6. The maximum atomic E-state index is 14.3. The second kappa shape index (κ2) is 21.1. The number of likely N-dealkylation sites (tertiary alicyclic amines) is 1. The van der Waals surface area contributed by atoms with Gasteiger partial charge in [-0.3, -0.25) is 19.1 Å². The van der Waals surface area contributed by atoms with Crippen LogP contribution in [0.3, 0.4) is 0 Å². The second-order valence-corrected chi connectivity index (χ2v) is 21.0. The van der Waals surface area contributed by atoms with E-state index in [-0.39, 0.29) is 48.8 Å². The zero-order valence-corrected chi connectivity index (χ0v) is 42.1. The molecule has 0 bridgehead atoms. The topological polar surface area (TPSA) is 168 Å². The summed E-state index contributed by atoms with van der Waals surface area (Å²) >= 11 is 3.03. The van der Waals surface area contributed by atoms with Gasteiger partial charge < -0.3 is 35.2 Å². The molecule has 0 spiro atoms. The standard InChI is InChI=1S/C56H55FN6O7S2/c1-33(36-10-12-38(13-11-36)51-34(2)58-32-71-51)59-54(67)47-29-42(65)31-63(47)55(68)53(56(3,4)5)60-49(66)28-35-6-8-37(9-7-35)46-24-25-62(61-46)26-27-69-43-19-21-44(22-20-43)70-50-45-23-18-41(64)30-48(45)72-52(50)39-14-16-40(57)17-15-39/h6-25,30,32-33,42,47,53,64-65H,26-29,31H2,1-5H3,(H,59,67)(H,60,66)/t33-,42+,47-,53?/m0/s1. The predicted molar refractivity (Wildman–Crippen MR) is 279 cm³/mol. The van der Waals surface area contributed by atoms with E-state index in [1.165, 1.54) is 28.4 Å². The number of aromatic hydroxyl groups is 1. The van der Waals surface area contributed by atoms with E-state index in [2.05, 4.69) is 15.6 Å². The summed E-state index contributed by atoms with van der Waals surface area (Å²) in [7, 11) is 0. The van der Waals surface area contributed by atoms with Crippen LogP contribution in [0.2, 0.25) is 0 Å². The molecule has 1 fully saturated rings. The number of benzene rings is 5. The van der Waals surface area contributed by atoms with Gasteiger partial charge in [-0.2, -0.15) is 5.10 Å². The number of carbonyl (C=O) groups excluding carboxylic acids is 3. The SMILES string of the molecule is Cc1ncsc1-c1ccc([C@H](C)NC(=O)[C@@H]2C[C@@H](O)CN2C(=O)C(NC(=O)Cc2ccc(-c3ccn(CCOc4ccc(Oc5c(-c6ccc(F)cc6)sc6cc(O)ccc56)cc4)n3)cc2)C(C)(C)C)cc1. The number of hydrogen-bond donors (Lipinski definition) is 4. The highest BCUT2D eigenvalue weighted by Crippen LogP contribution is 2.47. The number of aromatic nitrogens is 3. The maximum Gasteiger partial charge on any atom is 0.246 e. The molecule has 1 unspecified atom stereocenters. The highest BCUT2D eigenvalue weighted by molar-refractivity contribution is 7.22. The molecule has 0 saturated carbocycles. The third-order valence-electron chi connectivity index (χ3n) is 12.7. The van der Waals surface area contributed by atoms with Crippen molar-refractivity contribution < 1.29 is 38.5 Å². The summed E-state index contributed by atoms with van der Waals surface area (Å²) in [6, 6.07) is 33.8. The van der Waals surface area contributed by atoms with Gasteiger partial charge in [0.05, 0.1) is 51.8 Å². The van der Waals surface area contributed by atoms with E-state index < -0.39 is 29.5 Å². The van der Waals surface area contributed by atoms with Crippen LogP contribution in [0.5, 0.6) is 23.0 Å². The summed E-state index contributed by atoms with van der Waals surface area (Å²) in [4.78, 5) is 49.2. The number of aliphatic hydroxyl groups excluding tert-OH is 1. The van der Waals surface area contributed by atoms with Crippen LogP contribution in [0, 0.1) is 18.2 Å². The van der Waals surface area contributed by atoms with E-state index in [1.54, 1.807) is 40.3 Å². The summed E-state index contributed by atoms with van der Waals surface area (Å²) in [5.41, 5.74) is 7.19. The molecule has 370 valence electrons. The van der Waals surface area contributed by atoms with Crippen molar-refractivity contribution in [3.05, 3.63) is 156 Å². The van der Waals surface area contributed by atoms with Gasteiger partial charge in [-0.25, -0.2) is 9.37 Å². The van der Waals surface area contributed by atoms with E-state index in [1.807, 2.05) is 131 Å². The van der Waals surface area contributed by atoms with Gasteiger partial charge in [0, 0.05) is 34.8 Å². The molecule has 4 atom stereocenters. The van der Waals surface area contributed by atoms with Gasteiger partial charge in [0.15, 0.2) is 5.75 Å². The molecule has 9 rings (SSSR count). The summed E-state index contributed by atoms with van der Waals surface area (Å²) in [5, 5.41) is 32.4. The van der Waals surface area contributed by atoms with Crippen LogP contribution < -0.4 is 20.1 Å². The van der Waals surface area contributed by atoms with Crippen LogP contribution >= 0.6 is 22.7 Å². The Labute approximate surface area is 424 Å². The lowest BCUT2D eigenvalue weighted by atomic mass is 9.85. The van der Waals surface area contributed by atoms with Crippen molar-refractivity contribution in [2.75, 3.05) is 13.2 Å². The van der Waals surface area contributed by atoms with Gasteiger partial charge in [0.1, 0.15) is 41.8 Å². The van der Waals surface area contributed by atoms with Crippen molar-refractivity contribution in [2.24, 2.45) is 5.41 Å². The largest absolute Gasteiger partial charge is 0.508 e. The number of fused-ring (bicyclic) bond motifs is 1. The minimum absolute atomic E-state index is 0.0165. The maximum absolute atomic E-state index is 14.3. The highest BCUT2D eigenvalue weighted by Gasteiger charge is 2.44. The number of β-amino-alcohol motifs (C(OH)–C–C–N with tert-alkyl or cyclic N) is 1. The van der Waals surface area contributed by atoms with Crippen LogP contribution in [0.4, 0.5) is 4.39 Å². The van der Waals surface area contributed by atoms with E-state index in [0.717, 1.165) is 59.0 Å². The lowest BCUT2D eigenvalue weighted by Gasteiger charge is -2.35. The average molecular weight is 1010 g/mol. The Morgan fingerprint density at radius 1 is 0.861 bits per heavy atom. The molecule has 0 radical (unpaired) electrons. The lowest BCUT2D eigenvalue weighted by Crippen LogP contribution is -2.58. The third kappa shape index (κ3) is 11.4. The van der Waals surface area contributed by atoms with E-state index in [0.29, 0.717) is 30.4 Å². The number of phenolic OH excluding ortho intramolecular Hbond substituents is 1. The summed E-state index contributed by atoms with van der Waals surface area (Å²) in [5.74, 6) is 0.554. The first-order valence-corrected chi connectivity index (χ1v) is 25.4. The van der Waals surface area contributed by atoms with E-state index in [9.17, 15) is 29.0 Å². The first-order valence-electron chi connectivity index (χ1n) is 23.7. The van der Waals surface area contributed by atoms with Gasteiger partial charge >= 0.3 is 0 Å². The van der Waals surface area contributed by atoms with Gasteiger partial charge in [-0.15, -0.1) is 22.7 Å². The number of amides is 3. The number of thiazole rings is 1. The Morgan fingerprint density at radius 3 is 2.24 bits per heavy atom. The predicted octanol–water partition coefficient (Wildman–Crippen LogP) is 10.5. The normalized spacial score (nSPS) is 15.6. The highest BCUT2D eigenvalue weighted by atomic mass is 32.1. The van der Waals surface area contributed by atoms with Crippen LogP contribution in [-0.2, 0) is 27.3 Å². The van der Waals surface area contributed by atoms with Crippen molar-refractivity contribution in [3.8, 4) is 55.1 Å². The number of aliphatic hydroxyl groups is 1. The molecule has 13 nitrogen and oxygen atoms in total. The molecule has 4 heterocycles. The van der Waals surface area contributed by atoms with Crippen LogP contribution in [-0.4, -0.2) is 78.9 Å². The molecule has 1 aliphatic rings. The number of carbonyl (C=O) groups is 3. The first-order chi connectivity index (χ1) is 34.6. The van der Waals surface area contributed by atoms with Gasteiger partial charge in [0.25, 0.3) is 0 Å². The van der Waals surface area contributed by atoms with Crippen molar-refractivity contribution in [2.45, 2.75) is 78.2 Å². The third-order valence-corrected chi connectivity index (χ3v) is 14.8. The molecular weight excluding hydrogens is 952 g/mol. The fourth-order valence-corrected chi connectivity index (χ4v) is 10.8. The number of phenols is 1. The number of nitrogens with zero attached hydrogens (tertiary/aromatic N) is 4. The minimum Gasteiger partial charge on any atom is -0.508 e. The lowest BCUT2D eigenvalue weighted by molar-refractivity contribution is -0.144. The monoisotopic (exact) mass is 1010 g/mol. The molecule has 72 heavy (non-hydrogen) atoms. The molecule has 5 aromatic carbocycles. The van der Waals surface area contributed by atoms with Crippen LogP contribution in [0.1, 0.15) is 57.0 Å². The van der Waals surface area contributed by atoms with Crippen molar-refractivity contribution in [1.29, 1.82) is 0 Å². The quantitative estimate of drug-likeness (QED) is 0.0736. The van der Waals surface area contributed by atoms with E-state index >= 15 is 0 Å². The fourth-order valence-electron chi connectivity index (χ4n) is 8.78. The van der Waals surface area contributed by atoms with Crippen LogP contribution in [0.25, 0.3) is 42.2 Å². The summed E-state index contributed by atoms with van der Waals surface area (Å²) in [6.07, 6.45) is 1.11. The second-order valence-electron chi connectivity index (χ2n) is 19.1. The summed E-state index contributed by atoms with van der Waals surface area (Å²) < 4.78 is 28.8. The van der Waals surface area contributed by atoms with Crippen molar-refractivity contribution in [1.82, 2.24) is 30.3 Å². The molecule has 1 saturated heterocycles. The summed E-state index contributed by atoms with van der Waals surface area (Å²) in [6.45, 7) is 10.3. The average Bonchev–Trinajstić information content (AvgIpc) is 4.18. The number of thiophene rings is 1. The minimum atomic E-state index is -0.954. The van der Waals surface area contributed by atoms with Crippen molar-refractivity contribution in [3.63, 3.8) is 0 Å². The zero-order chi connectivity index (χ0) is 50.7. The van der Waals surface area contributed by atoms with Gasteiger partial charge in [0.2, 0.25) is 17.7 Å². The Morgan fingerprint density at radius 2 is 1.54 bits per heavy atom. The molecule has 3 amide bonds. The number of ether oxygens (including phenoxy) is 2. The van der Waals surface area contributed by atoms with Gasteiger partial charge in [-0.1, -0.05) is 81.4 Å². The molecule has 16 heteroatoms. The number of hydrogen-bond acceptors (Lipinski definition) is 11. The van der Waals surface area contributed by atoms with Crippen molar-refractivity contribution >= 4 is 50.5 Å². The smallest absolute Gasteiger partial charge is 0.246 e. The molecular formula is C56H55FN6O7S2. The molecule has 8 aromatic rings. The number of aryl methyl sites for hydroxylation is 1. The first kappa shape index (κ1) is 49.6. The molecule has 4 N–H and O–H groups in total. The number of halogens is 1. The molecule has 0 aliphatic carbocycles. The molecule has 1 aliphatic heterocycles. The Hall–Kier alpha value is -7.40. The fraction of sp³-hybridized carbons (Fsp3) is 0.268. The van der Waals surface area contributed by atoms with Crippen LogP contribution in [0.15, 0.2) is 133 Å². The van der Waals surface area contributed by atoms with E-state index in [4.69, 9.17) is 14.6 Å². The zero-order valence-electron chi connectivity index (χ0n) is 40.5. The Balaban J connectivity index is 0.763.